The molecular weight excluding hydrogens is 332 g/mol. The Morgan fingerprint density at radius 1 is 1.15 bits per heavy atom. The fraction of sp³-hybridized carbons (Fsp3) is 0.650. The Bertz CT molecular complexity index is 620. The molecule has 0 atom stereocenters. The minimum Gasteiger partial charge on any atom is -0.493 e. The van der Waals surface area contributed by atoms with Crippen LogP contribution in [0.2, 0.25) is 0 Å². The molecule has 0 bridgehead atoms. The smallest absolute Gasteiger partial charge is 0.251 e. The molecule has 3 rings (SSSR count). The first kappa shape index (κ1) is 18.8. The van der Waals surface area contributed by atoms with Gasteiger partial charge < -0.3 is 24.4 Å². The number of methoxy groups -OCH3 is 1. The van der Waals surface area contributed by atoms with E-state index in [4.69, 9.17) is 14.2 Å². The largest absolute Gasteiger partial charge is 0.493 e. The van der Waals surface area contributed by atoms with Crippen LogP contribution < -0.4 is 19.5 Å². The first-order valence-corrected chi connectivity index (χ1v) is 9.49. The van der Waals surface area contributed by atoms with Crippen LogP contribution >= 0.6 is 0 Å². The van der Waals surface area contributed by atoms with Gasteiger partial charge in [0, 0.05) is 17.6 Å². The van der Waals surface area contributed by atoms with E-state index < -0.39 is 0 Å². The summed E-state index contributed by atoms with van der Waals surface area (Å²) in [4.78, 5) is 15.1. The van der Waals surface area contributed by atoms with Gasteiger partial charge in [0.25, 0.3) is 5.91 Å². The highest BCUT2D eigenvalue weighted by atomic mass is 16.6. The summed E-state index contributed by atoms with van der Waals surface area (Å²) in [6.45, 7) is 1.61. The minimum absolute atomic E-state index is 0.0318. The first-order chi connectivity index (χ1) is 12.6. The highest BCUT2D eigenvalue weighted by Crippen LogP contribution is 2.40. The summed E-state index contributed by atoms with van der Waals surface area (Å²) in [6, 6.07) is 3.46. The molecule has 2 aliphatic rings. The van der Waals surface area contributed by atoms with Crippen molar-refractivity contribution >= 4 is 5.91 Å². The van der Waals surface area contributed by atoms with E-state index in [1.54, 1.807) is 19.2 Å². The van der Waals surface area contributed by atoms with Crippen LogP contribution in [0.3, 0.4) is 0 Å². The highest BCUT2D eigenvalue weighted by Gasteiger charge is 2.33. The van der Waals surface area contributed by atoms with Crippen LogP contribution in [-0.2, 0) is 0 Å². The van der Waals surface area contributed by atoms with Gasteiger partial charge in [0.15, 0.2) is 11.5 Å². The van der Waals surface area contributed by atoms with E-state index in [2.05, 4.69) is 24.3 Å². The monoisotopic (exact) mass is 362 g/mol. The van der Waals surface area contributed by atoms with Gasteiger partial charge in [0.1, 0.15) is 13.2 Å². The maximum Gasteiger partial charge on any atom is 0.251 e. The van der Waals surface area contributed by atoms with Crippen molar-refractivity contribution < 1.29 is 19.0 Å². The lowest BCUT2D eigenvalue weighted by atomic mass is 9.88. The zero-order valence-electron chi connectivity index (χ0n) is 16.1. The zero-order valence-corrected chi connectivity index (χ0v) is 16.1. The van der Waals surface area contributed by atoms with Crippen molar-refractivity contribution in [1.29, 1.82) is 0 Å². The Labute approximate surface area is 155 Å². The Morgan fingerprint density at radius 3 is 2.50 bits per heavy atom. The average Bonchev–Trinajstić information content (AvgIpc) is 2.91. The molecule has 6 heteroatoms. The van der Waals surface area contributed by atoms with Crippen molar-refractivity contribution in [3.8, 4) is 17.2 Å². The standard InChI is InChI=1S/C20H30N2O4/c1-22(2)20(8-6-4-5-7-9-20)14-21-19(23)15-12-16(24-3)18-17(13-15)25-10-11-26-18/h12-13H,4-11,14H2,1-3H3,(H,21,23). The quantitative estimate of drug-likeness (QED) is 0.816. The topological polar surface area (TPSA) is 60.0 Å². The molecule has 0 spiro atoms. The summed E-state index contributed by atoms with van der Waals surface area (Å²) < 4.78 is 16.6. The molecule has 1 saturated carbocycles. The molecule has 26 heavy (non-hydrogen) atoms. The number of nitrogens with one attached hydrogen (secondary N) is 1. The van der Waals surface area contributed by atoms with E-state index >= 15 is 0 Å². The summed E-state index contributed by atoms with van der Waals surface area (Å²) in [7, 11) is 5.80. The lowest BCUT2D eigenvalue weighted by Gasteiger charge is -2.39. The second-order valence-electron chi connectivity index (χ2n) is 7.42. The lowest BCUT2D eigenvalue weighted by molar-refractivity contribution is 0.0867. The number of ether oxygens (including phenoxy) is 3. The number of hydrogen-bond acceptors (Lipinski definition) is 5. The molecular formula is C20H30N2O4. The van der Waals surface area contributed by atoms with Crippen LogP contribution in [0.5, 0.6) is 17.2 Å². The third-order valence-electron chi connectivity index (χ3n) is 5.65. The molecule has 144 valence electrons. The van der Waals surface area contributed by atoms with Gasteiger partial charge in [-0.25, -0.2) is 0 Å². The average molecular weight is 362 g/mol. The summed E-state index contributed by atoms with van der Waals surface area (Å²) in [5, 5.41) is 3.14. The molecule has 1 amide bonds. The molecule has 0 radical (unpaired) electrons. The van der Waals surface area contributed by atoms with E-state index in [0.29, 0.717) is 42.6 Å². The van der Waals surface area contributed by atoms with Gasteiger partial charge in [-0.2, -0.15) is 0 Å². The van der Waals surface area contributed by atoms with E-state index in [0.717, 1.165) is 12.8 Å². The Balaban J connectivity index is 1.75. The fourth-order valence-electron chi connectivity index (χ4n) is 3.92. The summed E-state index contributed by atoms with van der Waals surface area (Å²) in [5.41, 5.74) is 0.568. The molecule has 1 aliphatic heterocycles. The lowest BCUT2D eigenvalue weighted by Crippen LogP contribution is -2.52. The van der Waals surface area contributed by atoms with Crippen LogP contribution in [0.1, 0.15) is 48.9 Å². The van der Waals surface area contributed by atoms with Gasteiger partial charge in [0.05, 0.1) is 7.11 Å². The third-order valence-corrected chi connectivity index (χ3v) is 5.65. The van der Waals surface area contributed by atoms with E-state index in [9.17, 15) is 4.79 Å². The molecule has 1 fully saturated rings. The second-order valence-corrected chi connectivity index (χ2v) is 7.42. The summed E-state index contributed by atoms with van der Waals surface area (Å²) in [5.74, 6) is 1.57. The SMILES string of the molecule is COc1cc(C(=O)NCC2(N(C)C)CCCCCC2)cc2c1OCCO2. The van der Waals surface area contributed by atoms with Gasteiger partial charge in [-0.15, -0.1) is 0 Å². The molecule has 0 saturated heterocycles. The van der Waals surface area contributed by atoms with Crippen molar-refractivity contribution in [1.82, 2.24) is 10.2 Å². The van der Waals surface area contributed by atoms with Gasteiger partial charge in [-0.05, 0) is 39.1 Å². The molecule has 0 aromatic heterocycles. The number of carbonyl (C=O) groups is 1. The number of amides is 1. The summed E-state index contributed by atoms with van der Waals surface area (Å²) >= 11 is 0. The van der Waals surface area contributed by atoms with Crippen LogP contribution in [-0.4, -0.2) is 57.3 Å². The van der Waals surface area contributed by atoms with Crippen molar-refractivity contribution in [2.75, 3.05) is 41.0 Å². The number of likely N-dealkylation sites (N-methyl/N-ethyl adjacent to an activating group) is 1. The number of rotatable bonds is 5. The van der Waals surface area contributed by atoms with Crippen LogP contribution in [0.4, 0.5) is 0 Å². The van der Waals surface area contributed by atoms with Crippen LogP contribution in [0.15, 0.2) is 12.1 Å². The predicted molar refractivity (Wildman–Crippen MR) is 100 cm³/mol. The van der Waals surface area contributed by atoms with E-state index in [-0.39, 0.29) is 11.4 Å². The van der Waals surface area contributed by atoms with Gasteiger partial charge in [0.2, 0.25) is 5.75 Å². The molecule has 1 N–H and O–H groups in total. The van der Waals surface area contributed by atoms with Crippen molar-refractivity contribution in [3.05, 3.63) is 17.7 Å². The molecule has 1 aromatic rings. The Hall–Kier alpha value is -1.95. The molecule has 1 aliphatic carbocycles. The molecule has 0 unspecified atom stereocenters. The third kappa shape index (κ3) is 3.90. The van der Waals surface area contributed by atoms with Gasteiger partial charge in [-0.3, -0.25) is 4.79 Å². The molecule has 1 aromatic carbocycles. The van der Waals surface area contributed by atoms with Crippen LogP contribution in [0.25, 0.3) is 0 Å². The maximum atomic E-state index is 12.8. The first-order valence-electron chi connectivity index (χ1n) is 9.49. The highest BCUT2D eigenvalue weighted by molar-refractivity contribution is 5.95. The second kappa shape index (κ2) is 8.16. The predicted octanol–water partition coefficient (Wildman–Crippen LogP) is 2.85. The molecule has 1 heterocycles. The van der Waals surface area contributed by atoms with E-state index in [1.807, 2.05) is 0 Å². The normalized spacial score (nSPS) is 18.9. The zero-order chi connectivity index (χ0) is 18.6. The number of hydrogen-bond donors (Lipinski definition) is 1. The number of benzene rings is 1. The van der Waals surface area contributed by atoms with Crippen molar-refractivity contribution in [2.24, 2.45) is 0 Å². The minimum atomic E-state index is -0.106. The fourth-order valence-corrected chi connectivity index (χ4v) is 3.92. The Kier molecular flexibility index (Phi) is 5.91. The van der Waals surface area contributed by atoms with Crippen molar-refractivity contribution in [3.63, 3.8) is 0 Å². The van der Waals surface area contributed by atoms with Crippen molar-refractivity contribution in [2.45, 2.75) is 44.1 Å². The van der Waals surface area contributed by atoms with E-state index in [1.165, 1.54) is 25.7 Å². The summed E-state index contributed by atoms with van der Waals surface area (Å²) in [6.07, 6.45) is 7.22. The maximum absolute atomic E-state index is 12.8. The number of fused-ring (bicyclic) bond motifs is 1. The molecule has 6 nitrogen and oxygen atoms in total. The van der Waals surface area contributed by atoms with Crippen LogP contribution in [0, 0.1) is 0 Å². The Morgan fingerprint density at radius 2 is 1.85 bits per heavy atom. The van der Waals surface area contributed by atoms with Gasteiger partial charge in [-0.1, -0.05) is 25.7 Å². The number of carbonyl (C=O) groups excluding carboxylic acids is 1. The number of nitrogens with zero attached hydrogens (tertiary/aromatic N) is 1. The van der Waals surface area contributed by atoms with Gasteiger partial charge >= 0.3 is 0 Å².